The first-order chi connectivity index (χ1) is 20.4. The normalized spacial score (nSPS) is 23.6. The molecule has 2 saturated heterocycles. The maximum atomic E-state index is 13.7. The summed E-state index contributed by atoms with van der Waals surface area (Å²) >= 11 is 1.74. The Bertz CT molecular complexity index is 1730. The van der Waals surface area contributed by atoms with Crippen molar-refractivity contribution in [2.24, 2.45) is 24.6 Å². The molecule has 2 saturated carbocycles. The molecule has 8 rings (SSSR count). The van der Waals surface area contributed by atoms with Crippen LogP contribution in [0.1, 0.15) is 41.6 Å². The van der Waals surface area contributed by atoms with E-state index in [2.05, 4.69) is 20.6 Å². The van der Waals surface area contributed by atoms with Gasteiger partial charge in [-0.05, 0) is 73.1 Å². The fourth-order valence-electron chi connectivity index (χ4n) is 7.40. The van der Waals surface area contributed by atoms with Crippen LogP contribution in [0, 0.1) is 11.8 Å². The number of carbonyl (C=O) groups is 2. The molecule has 2 N–H and O–H groups in total. The molecule has 5 heterocycles. The first-order valence-electron chi connectivity index (χ1n) is 15.0. The summed E-state index contributed by atoms with van der Waals surface area (Å²) in [5.74, 6) is 2.57. The van der Waals surface area contributed by atoms with Crippen molar-refractivity contribution >= 4 is 44.6 Å². The van der Waals surface area contributed by atoms with Crippen molar-refractivity contribution in [3.05, 3.63) is 34.7 Å². The van der Waals surface area contributed by atoms with E-state index < -0.39 is 0 Å². The van der Waals surface area contributed by atoms with Gasteiger partial charge in [0.1, 0.15) is 17.9 Å². The Morgan fingerprint density at radius 3 is 2.74 bits per heavy atom. The first-order valence-corrected chi connectivity index (χ1v) is 15.9. The van der Waals surface area contributed by atoms with Gasteiger partial charge in [0.2, 0.25) is 0 Å². The van der Waals surface area contributed by atoms with E-state index in [0.717, 1.165) is 54.9 Å². The van der Waals surface area contributed by atoms with Crippen molar-refractivity contribution in [1.82, 2.24) is 23.9 Å². The minimum absolute atomic E-state index is 0.00852. The third-order valence-corrected chi connectivity index (χ3v) is 10.8. The van der Waals surface area contributed by atoms with Crippen LogP contribution in [-0.2, 0) is 24.8 Å². The number of piperidine rings is 1. The zero-order valence-electron chi connectivity index (χ0n) is 24.0. The van der Waals surface area contributed by atoms with Gasteiger partial charge in [0.25, 0.3) is 5.91 Å². The van der Waals surface area contributed by atoms with Crippen LogP contribution in [0.25, 0.3) is 32.8 Å². The van der Waals surface area contributed by atoms with Gasteiger partial charge in [-0.15, -0.1) is 11.3 Å². The van der Waals surface area contributed by atoms with Gasteiger partial charge in [-0.25, -0.2) is 9.78 Å². The average molecular weight is 589 g/mol. The van der Waals surface area contributed by atoms with E-state index >= 15 is 0 Å². The highest BCUT2D eigenvalue weighted by atomic mass is 32.1. The van der Waals surface area contributed by atoms with Crippen molar-refractivity contribution in [2.45, 2.75) is 50.7 Å². The summed E-state index contributed by atoms with van der Waals surface area (Å²) in [6.07, 6.45) is 5.12. The number of benzene rings is 1. The van der Waals surface area contributed by atoms with Gasteiger partial charge in [0, 0.05) is 44.3 Å². The minimum atomic E-state index is -0.220. The molecule has 0 spiro atoms. The molecular weight excluding hydrogens is 552 g/mol. The number of imidazole rings is 1. The highest BCUT2D eigenvalue weighted by Crippen LogP contribution is 2.41. The molecular formula is C31H36N6O4S. The van der Waals surface area contributed by atoms with Crippen molar-refractivity contribution < 1.29 is 19.1 Å². The standard InChI is InChI=1S/C31H36N6O4S/c1-34-28-21(11-20(12-24(28)40-2)30(38)37-15-18-5-6-22(37)26(18)32)33-29(34)23-13-25-27(36(23)14-17-3-4-17)19(16-42-25)7-8-35-9-10-41-31(35)39/h11-13,16-18,22,26H,3-10,14-15,32H2,1-2H3/t18-,22-,26-/m1/s1. The topological polar surface area (TPSA) is 108 Å². The van der Waals surface area contributed by atoms with Crippen LogP contribution in [-0.4, -0.2) is 81.4 Å². The Morgan fingerprint density at radius 2 is 2.05 bits per heavy atom. The molecule has 2 amide bonds. The SMILES string of the molecule is COc1cc(C(=O)N2C[C@H]3CC[C@@H]2[C@@H]3N)cc2nc(-c3cc4scc(CCN5CCOC5=O)c4n3CC3CC3)n(C)c12. The number of amides is 2. The van der Waals surface area contributed by atoms with Gasteiger partial charge in [-0.2, -0.15) is 0 Å². The van der Waals surface area contributed by atoms with E-state index in [-0.39, 0.29) is 24.1 Å². The Labute approximate surface area is 248 Å². The number of methoxy groups -OCH3 is 1. The molecule has 42 heavy (non-hydrogen) atoms. The van der Waals surface area contributed by atoms with E-state index in [1.807, 2.05) is 24.1 Å². The second-order valence-electron chi connectivity index (χ2n) is 12.4. The van der Waals surface area contributed by atoms with Gasteiger partial charge in [0.15, 0.2) is 5.82 Å². The predicted molar refractivity (Wildman–Crippen MR) is 161 cm³/mol. The Morgan fingerprint density at radius 1 is 1.19 bits per heavy atom. The lowest BCUT2D eigenvalue weighted by molar-refractivity contribution is 0.0700. The quantitative estimate of drug-likeness (QED) is 0.330. The van der Waals surface area contributed by atoms with Gasteiger partial charge >= 0.3 is 6.09 Å². The fourth-order valence-corrected chi connectivity index (χ4v) is 8.43. The largest absolute Gasteiger partial charge is 0.494 e. The van der Waals surface area contributed by atoms with E-state index in [0.29, 0.717) is 42.8 Å². The van der Waals surface area contributed by atoms with Gasteiger partial charge < -0.3 is 34.1 Å². The summed E-state index contributed by atoms with van der Waals surface area (Å²) in [6.45, 7) is 3.44. The number of ether oxygens (including phenoxy) is 2. The van der Waals surface area contributed by atoms with Crippen molar-refractivity contribution in [2.75, 3.05) is 33.4 Å². The molecule has 2 aliphatic carbocycles. The molecule has 2 aliphatic heterocycles. The number of carbonyl (C=O) groups excluding carboxylic acids is 2. The summed E-state index contributed by atoms with van der Waals surface area (Å²) in [5, 5.41) is 2.23. The van der Waals surface area contributed by atoms with E-state index in [1.165, 1.54) is 28.6 Å². The fraction of sp³-hybridized carbons (Fsp3) is 0.516. The van der Waals surface area contributed by atoms with Crippen LogP contribution in [0.5, 0.6) is 5.75 Å². The van der Waals surface area contributed by atoms with Gasteiger partial charge in [-0.3, -0.25) is 4.79 Å². The van der Waals surface area contributed by atoms with Crippen LogP contribution in [0.2, 0.25) is 0 Å². The van der Waals surface area contributed by atoms with E-state index in [1.54, 1.807) is 23.3 Å². The molecule has 3 aromatic heterocycles. The van der Waals surface area contributed by atoms with Crippen LogP contribution in [0.4, 0.5) is 4.79 Å². The third kappa shape index (κ3) is 4.04. The lowest BCUT2D eigenvalue weighted by atomic mass is 10.1. The zero-order chi connectivity index (χ0) is 28.7. The molecule has 10 nitrogen and oxygen atoms in total. The number of nitrogens with two attached hydrogens (primary N) is 1. The number of thiophene rings is 1. The minimum Gasteiger partial charge on any atom is -0.494 e. The number of aryl methyl sites for hydroxylation is 1. The summed E-state index contributed by atoms with van der Waals surface area (Å²) in [6, 6.07) is 6.21. The number of hydrogen-bond donors (Lipinski definition) is 1. The van der Waals surface area contributed by atoms with Crippen LogP contribution in [0.15, 0.2) is 23.6 Å². The third-order valence-electron chi connectivity index (χ3n) is 9.87. The smallest absolute Gasteiger partial charge is 0.409 e. The van der Waals surface area contributed by atoms with Crippen LogP contribution in [0.3, 0.4) is 0 Å². The summed E-state index contributed by atoms with van der Waals surface area (Å²) in [5.41, 5.74) is 12.2. The highest BCUT2D eigenvalue weighted by molar-refractivity contribution is 7.17. The van der Waals surface area contributed by atoms with Crippen molar-refractivity contribution in [3.8, 4) is 17.3 Å². The Hall–Kier alpha value is -3.57. The molecule has 3 atom stereocenters. The lowest BCUT2D eigenvalue weighted by Crippen LogP contribution is -2.41. The van der Waals surface area contributed by atoms with Crippen LogP contribution >= 0.6 is 11.3 Å². The monoisotopic (exact) mass is 588 g/mol. The number of hydrogen-bond acceptors (Lipinski definition) is 7. The average Bonchev–Trinajstić information content (AvgIpc) is 3.41. The molecule has 4 aromatic rings. The summed E-state index contributed by atoms with van der Waals surface area (Å²) in [7, 11) is 3.67. The van der Waals surface area contributed by atoms with E-state index in [4.69, 9.17) is 20.2 Å². The second-order valence-corrected chi connectivity index (χ2v) is 13.3. The first kappa shape index (κ1) is 26.1. The number of rotatable bonds is 8. The maximum absolute atomic E-state index is 13.7. The van der Waals surface area contributed by atoms with Gasteiger partial charge in [0.05, 0.1) is 35.1 Å². The number of aromatic nitrogens is 3. The van der Waals surface area contributed by atoms with Crippen molar-refractivity contribution in [1.29, 1.82) is 0 Å². The Balaban J connectivity index is 1.18. The highest BCUT2D eigenvalue weighted by Gasteiger charge is 2.47. The number of fused-ring (bicyclic) bond motifs is 4. The zero-order valence-corrected chi connectivity index (χ0v) is 24.9. The molecule has 4 aliphatic rings. The van der Waals surface area contributed by atoms with Crippen molar-refractivity contribution in [3.63, 3.8) is 0 Å². The molecule has 0 unspecified atom stereocenters. The van der Waals surface area contributed by atoms with Gasteiger partial charge in [-0.1, -0.05) is 0 Å². The molecule has 4 fully saturated rings. The second kappa shape index (κ2) is 9.74. The Kier molecular flexibility index (Phi) is 6.05. The number of cyclic esters (lactones) is 1. The molecule has 1 aromatic carbocycles. The van der Waals surface area contributed by atoms with E-state index in [9.17, 15) is 9.59 Å². The lowest BCUT2D eigenvalue weighted by Gasteiger charge is -2.27. The molecule has 0 radical (unpaired) electrons. The molecule has 11 heteroatoms. The summed E-state index contributed by atoms with van der Waals surface area (Å²) < 4.78 is 16.7. The van der Waals surface area contributed by atoms with Crippen LogP contribution < -0.4 is 10.5 Å². The summed E-state index contributed by atoms with van der Waals surface area (Å²) in [4.78, 5) is 34.6. The number of likely N-dealkylation sites (tertiary alicyclic amines) is 1. The molecule has 220 valence electrons. The number of nitrogens with zero attached hydrogens (tertiary/aromatic N) is 5. The molecule has 2 bridgehead atoms. The predicted octanol–water partition coefficient (Wildman–Crippen LogP) is 4.23. The maximum Gasteiger partial charge on any atom is 0.409 e.